The zero-order valence-corrected chi connectivity index (χ0v) is 10.6. The Morgan fingerprint density at radius 1 is 1.61 bits per heavy atom. The lowest BCUT2D eigenvalue weighted by molar-refractivity contribution is -0.124. The molecule has 5 N–H and O–H groups in total. The fourth-order valence-corrected chi connectivity index (χ4v) is 2.17. The van der Waals surface area contributed by atoms with Gasteiger partial charge in [0.2, 0.25) is 0 Å². The van der Waals surface area contributed by atoms with Gasteiger partial charge in [-0.05, 0) is 32.2 Å². The fraction of sp³-hybridized carbons (Fsp3) is 0.750. The van der Waals surface area contributed by atoms with Crippen molar-refractivity contribution in [1.29, 1.82) is 5.41 Å². The molecule has 0 aliphatic carbocycles. The van der Waals surface area contributed by atoms with Crippen molar-refractivity contribution < 1.29 is 9.59 Å². The second-order valence-electron chi connectivity index (χ2n) is 4.70. The lowest BCUT2D eigenvalue weighted by Gasteiger charge is -2.13. The van der Waals surface area contributed by atoms with Gasteiger partial charge in [0, 0.05) is 18.9 Å². The number of carbonyl (C=O) groups excluding carboxylic acids is 2. The van der Waals surface area contributed by atoms with Gasteiger partial charge in [-0.15, -0.1) is 0 Å². The SMILES string of the molecule is N=C(N)NCCCC(C=O)CC(=O)C1CCCN1. The summed E-state index contributed by atoms with van der Waals surface area (Å²) in [4.78, 5) is 22.8. The number of nitrogens with two attached hydrogens (primary N) is 1. The molecular formula is C12H22N4O2. The van der Waals surface area contributed by atoms with E-state index in [9.17, 15) is 9.59 Å². The van der Waals surface area contributed by atoms with Gasteiger partial charge in [0.25, 0.3) is 0 Å². The molecule has 1 aliphatic heterocycles. The minimum Gasteiger partial charge on any atom is -0.370 e. The van der Waals surface area contributed by atoms with Crippen molar-refractivity contribution in [1.82, 2.24) is 10.6 Å². The van der Waals surface area contributed by atoms with E-state index in [0.717, 1.165) is 32.1 Å². The molecule has 2 atom stereocenters. The maximum atomic E-state index is 11.9. The first-order valence-corrected chi connectivity index (χ1v) is 6.42. The van der Waals surface area contributed by atoms with Crippen LogP contribution in [0.1, 0.15) is 32.1 Å². The van der Waals surface area contributed by atoms with Gasteiger partial charge in [-0.1, -0.05) is 0 Å². The van der Waals surface area contributed by atoms with Gasteiger partial charge in [0.05, 0.1) is 6.04 Å². The Morgan fingerprint density at radius 3 is 2.94 bits per heavy atom. The monoisotopic (exact) mass is 254 g/mol. The molecule has 1 aliphatic rings. The van der Waals surface area contributed by atoms with E-state index in [1.165, 1.54) is 0 Å². The van der Waals surface area contributed by atoms with Crippen LogP contribution in [-0.4, -0.2) is 37.2 Å². The molecule has 2 unspecified atom stereocenters. The van der Waals surface area contributed by atoms with Gasteiger partial charge >= 0.3 is 0 Å². The standard InChI is InChI=1S/C12H22N4O2/c13-12(14)16-6-1-3-9(8-17)7-11(18)10-4-2-5-15-10/h8-10,15H,1-7H2,(H4,13,14,16). The van der Waals surface area contributed by atoms with Crippen molar-refractivity contribution in [2.45, 2.75) is 38.1 Å². The molecule has 1 saturated heterocycles. The highest BCUT2D eigenvalue weighted by molar-refractivity contribution is 5.86. The normalized spacial score (nSPS) is 20.3. The molecule has 6 nitrogen and oxygen atoms in total. The summed E-state index contributed by atoms with van der Waals surface area (Å²) in [5.41, 5.74) is 5.15. The van der Waals surface area contributed by atoms with E-state index in [1.807, 2.05) is 0 Å². The summed E-state index contributed by atoms with van der Waals surface area (Å²) in [7, 11) is 0. The Kier molecular flexibility index (Phi) is 6.35. The van der Waals surface area contributed by atoms with Crippen LogP contribution in [0.15, 0.2) is 0 Å². The molecule has 0 amide bonds. The highest BCUT2D eigenvalue weighted by Crippen LogP contribution is 2.14. The lowest BCUT2D eigenvalue weighted by Crippen LogP contribution is -2.33. The third kappa shape index (κ3) is 5.27. The quantitative estimate of drug-likeness (QED) is 0.207. The zero-order chi connectivity index (χ0) is 13.4. The number of guanidine groups is 1. The van der Waals surface area contributed by atoms with Crippen LogP contribution >= 0.6 is 0 Å². The summed E-state index contributed by atoms with van der Waals surface area (Å²) in [6.07, 6.45) is 4.49. The summed E-state index contributed by atoms with van der Waals surface area (Å²) in [6.45, 7) is 1.46. The Morgan fingerprint density at radius 2 is 2.39 bits per heavy atom. The van der Waals surface area contributed by atoms with Gasteiger partial charge in [-0.2, -0.15) is 0 Å². The average Bonchev–Trinajstić information content (AvgIpc) is 2.86. The van der Waals surface area contributed by atoms with Crippen LogP contribution in [0.3, 0.4) is 0 Å². The van der Waals surface area contributed by atoms with Crippen LogP contribution in [0.5, 0.6) is 0 Å². The predicted molar refractivity (Wildman–Crippen MR) is 69.4 cm³/mol. The molecule has 1 heterocycles. The van der Waals surface area contributed by atoms with E-state index in [4.69, 9.17) is 11.1 Å². The number of aldehydes is 1. The van der Waals surface area contributed by atoms with Gasteiger partial charge in [0.1, 0.15) is 12.1 Å². The maximum absolute atomic E-state index is 11.9. The number of Topliss-reactive ketones (excluding diaryl/α,β-unsaturated/α-hetero) is 1. The molecule has 0 aromatic rings. The molecule has 0 radical (unpaired) electrons. The minimum atomic E-state index is -0.214. The van der Waals surface area contributed by atoms with Crippen molar-refractivity contribution in [3.05, 3.63) is 0 Å². The number of hydrogen-bond acceptors (Lipinski definition) is 4. The lowest BCUT2D eigenvalue weighted by atomic mass is 9.95. The summed E-state index contributed by atoms with van der Waals surface area (Å²) >= 11 is 0. The van der Waals surface area contributed by atoms with Crippen LogP contribution in [0.25, 0.3) is 0 Å². The Balaban J connectivity index is 2.21. The first-order chi connectivity index (χ1) is 8.63. The number of ketones is 1. The van der Waals surface area contributed by atoms with E-state index in [0.29, 0.717) is 19.4 Å². The smallest absolute Gasteiger partial charge is 0.185 e. The molecule has 0 aromatic heterocycles. The number of carbonyl (C=O) groups is 2. The van der Waals surface area contributed by atoms with Gasteiger partial charge in [-0.3, -0.25) is 10.2 Å². The molecule has 0 spiro atoms. The molecule has 18 heavy (non-hydrogen) atoms. The predicted octanol–water partition coefficient (Wildman–Crippen LogP) is -0.224. The molecule has 1 fully saturated rings. The van der Waals surface area contributed by atoms with E-state index in [1.54, 1.807) is 0 Å². The van der Waals surface area contributed by atoms with E-state index in [-0.39, 0.29) is 23.7 Å². The maximum Gasteiger partial charge on any atom is 0.185 e. The van der Waals surface area contributed by atoms with Crippen molar-refractivity contribution in [3.63, 3.8) is 0 Å². The highest BCUT2D eigenvalue weighted by atomic mass is 16.1. The number of nitrogens with one attached hydrogen (secondary N) is 3. The topological polar surface area (TPSA) is 108 Å². The van der Waals surface area contributed by atoms with Crippen LogP contribution < -0.4 is 16.4 Å². The Hall–Kier alpha value is -1.43. The van der Waals surface area contributed by atoms with Crippen LogP contribution in [0.2, 0.25) is 0 Å². The summed E-state index contributed by atoms with van der Waals surface area (Å²) in [6, 6.07) is -0.0530. The summed E-state index contributed by atoms with van der Waals surface area (Å²) in [5.74, 6) is -0.137. The molecule has 102 valence electrons. The fourth-order valence-electron chi connectivity index (χ4n) is 2.17. The second-order valence-corrected chi connectivity index (χ2v) is 4.70. The minimum absolute atomic E-state index is 0.0530. The van der Waals surface area contributed by atoms with E-state index in [2.05, 4.69) is 10.6 Å². The first-order valence-electron chi connectivity index (χ1n) is 6.42. The summed E-state index contributed by atoms with van der Waals surface area (Å²) in [5, 5.41) is 12.8. The van der Waals surface area contributed by atoms with Crippen LogP contribution in [-0.2, 0) is 9.59 Å². The van der Waals surface area contributed by atoms with Gasteiger partial charge in [0.15, 0.2) is 5.96 Å². The number of hydrogen-bond donors (Lipinski definition) is 4. The van der Waals surface area contributed by atoms with Crippen LogP contribution in [0.4, 0.5) is 0 Å². The van der Waals surface area contributed by atoms with Crippen molar-refractivity contribution in [2.75, 3.05) is 13.1 Å². The van der Waals surface area contributed by atoms with Crippen LogP contribution in [0, 0.1) is 11.3 Å². The first kappa shape index (κ1) is 14.6. The molecule has 0 saturated carbocycles. The average molecular weight is 254 g/mol. The molecule has 0 bridgehead atoms. The van der Waals surface area contributed by atoms with E-state index < -0.39 is 0 Å². The Labute approximate surface area is 107 Å². The van der Waals surface area contributed by atoms with Crippen molar-refractivity contribution in [2.24, 2.45) is 11.7 Å². The summed E-state index contributed by atoms with van der Waals surface area (Å²) < 4.78 is 0. The molecule has 6 heteroatoms. The second kappa shape index (κ2) is 7.81. The van der Waals surface area contributed by atoms with Crippen molar-refractivity contribution >= 4 is 18.0 Å². The number of rotatable bonds is 8. The zero-order valence-electron chi connectivity index (χ0n) is 10.6. The highest BCUT2D eigenvalue weighted by Gasteiger charge is 2.24. The van der Waals surface area contributed by atoms with E-state index >= 15 is 0 Å². The third-order valence-corrected chi connectivity index (χ3v) is 3.17. The third-order valence-electron chi connectivity index (χ3n) is 3.17. The molecular weight excluding hydrogens is 232 g/mol. The largest absolute Gasteiger partial charge is 0.370 e. The van der Waals surface area contributed by atoms with Gasteiger partial charge < -0.3 is 21.2 Å². The van der Waals surface area contributed by atoms with Crippen molar-refractivity contribution in [3.8, 4) is 0 Å². The van der Waals surface area contributed by atoms with Gasteiger partial charge in [-0.25, -0.2) is 0 Å². The molecule has 1 rings (SSSR count). The molecule has 0 aromatic carbocycles. The Bertz CT molecular complexity index is 300.